The topological polar surface area (TPSA) is 59.8 Å². The normalized spacial score (nSPS) is 12.2. The number of fused-ring (bicyclic) bond motifs is 1. The molecule has 0 bridgehead atoms. The molecule has 1 N–H and O–H groups in total. The van der Waals surface area contributed by atoms with Crippen molar-refractivity contribution in [1.29, 1.82) is 0 Å². The Bertz CT molecular complexity index is 1100. The number of rotatable bonds is 5. The van der Waals surface area contributed by atoms with E-state index in [1.807, 2.05) is 30.5 Å². The molecular weight excluding hydrogens is 343 g/mol. The summed E-state index contributed by atoms with van der Waals surface area (Å²) < 4.78 is 14.0. The number of benzene rings is 2. The number of pyridine rings is 1. The molecule has 4 aromatic rings. The van der Waals surface area contributed by atoms with E-state index in [1.165, 1.54) is 24.4 Å². The second kappa shape index (κ2) is 7.03. The van der Waals surface area contributed by atoms with Crippen molar-refractivity contribution < 1.29 is 13.9 Å². The summed E-state index contributed by atoms with van der Waals surface area (Å²) in [6, 6.07) is 18.7. The number of hydrogen-bond acceptors (Lipinski definition) is 2. The predicted molar refractivity (Wildman–Crippen MR) is 101 cm³/mol. The summed E-state index contributed by atoms with van der Waals surface area (Å²) in [7, 11) is 0. The molecule has 0 aliphatic rings. The van der Waals surface area contributed by atoms with Crippen LogP contribution in [-0.4, -0.2) is 10.8 Å². The maximum atomic E-state index is 13.4. The molecule has 0 aliphatic carbocycles. The number of nitrogens with zero attached hydrogens (tertiary/aromatic N) is 1. The van der Waals surface area contributed by atoms with Crippen LogP contribution < -0.4 is 4.73 Å². The van der Waals surface area contributed by atoms with E-state index in [1.54, 1.807) is 24.3 Å². The van der Waals surface area contributed by atoms with Crippen LogP contribution in [0.2, 0.25) is 0 Å². The van der Waals surface area contributed by atoms with Gasteiger partial charge in [-0.1, -0.05) is 30.3 Å². The third-order valence-corrected chi connectivity index (χ3v) is 4.77. The highest BCUT2D eigenvalue weighted by Gasteiger charge is 2.25. The first-order valence-electron chi connectivity index (χ1n) is 8.66. The van der Waals surface area contributed by atoms with Crippen LogP contribution in [-0.2, 0) is 0 Å². The lowest BCUT2D eigenvalue weighted by Gasteiger charge is -2.16. The van der Waals surface area contributed by atoms with Gasteiger partial charge in [0.15, 0.2) is 6.20 Å². The molecule has 5 heteroatoms. The number of halogens is 1. The van der Waals surface area contributed by atoms with Gasteiger partial charge in [-0.15, -0.1) is 0 Å². The third-order valence-electron chi connectivity index (χ3n) is 4.77. The molecule has 4 nitrogen and oxygen atoms in total. The molecule has 0 amide bonds. The zero-order valence-corrected chi connectivity index (χ0v) is 14.4. The van der Waals surface area contributed by atoms with E-state index in [2.05, 4.69) is 4.98 Å². The van der Waals surface area contributed by atoms with Crippen molar-refractivity contribution in [3.05, 3.63) is 107 Å². The minimum atomic E-state index is -0.330. The van der Waals surface area contributed by atoms with E-state index in [9.17, 15) is 14.4 Å². The number of aromatic nitrogens is 2. The minimum absolute atomic E-state index is 0.101. The van der Waals surface area contributed by atoms with Gasteiger partial charge in [-0.2, -0.15) is 4.73 Å². The summed E-state index contributed by atoms with van der Waals surface area (Å²) in [6.45, 7) is 0. The van der Waals surface area contributed by atoms with Crippen molar-refractivity contribution in [2.75, 3.05) is 0 Å². The fourth-order valence-electron chi connectivity index (χ4n) is 3.42. The minimum Gasteiger partial charge on any atom is -0.618 e. The molecule has 0 aliphatic heterocycles. The highest BCUT2D eigenvalue weighted by atomic mass is 19.1. The average molecular weight is 360 g/mol. The Morgan fingerprint density at radius 3 is 2.56 bits per heavy atom. The first-order valence-corrected chi connectivity index (χ1v) is 8.66. The van der Waals surface area contributed by atoms with Gasteiger partial charge < -0.3 is 10.2 Å². The number of Topliss-reactive ketones (excluding diaryl/α,β-unsaturated/α-hetero) is 1. The van der Waals surface area contributed by atoms with E-state index in [4.69, 9.17) is 0 Å². The Balaban J connectivity index is 1.78. The molecular formula is C22H17FN2O2. The Morgan fingerprint density at radius 2 is 1.78 bits per heavy atom. The smallest absolute Gasteiger partial charge is 0.259 e. The summed E-state index contributed by atoms with van der Waals surface area (Å²) in [5.74, 6) is -0.886. The second-order valence-electron chi connectivity index (χ2n) is 6.43. The molecule has 2 aromatic heterocycles. The summed E-state index contributed by atoms with van der Waals surface area (Å²) in [5, 5.41) is 13.0. The first kappa shape index (κ1) is 17.0. The van der Waals surface area contributed by atoms with E-state index >= 15 is 0 Å². The molecule has 0 saturated heterocycles. The quantitative estimate of drug-likeness (QED) is 0.327. The molecule has 0 saturated carbocycles. The van der Waals surface area contributed by atoms with Gasteiger partial charge in [-0.3, -0.25) is 4.79 Å². The monoisotopic (exact) mass is 360 g/mol. The highest BCUT2D eigenvalue weighted by molar-refractivity contribution is 5.94. The SMILES string of the molecule is O=C(C[C@@H](c1ccc(F)cc1)c1c[nH]c2ccccc12)c1cccc[n+]1[O-]. The summed E-state index contributed by atoms with van der Waals surface area (Å²) in [6.07, 6.45) is 3.30. The average Bonchev–Trinajstić information content (AvgIpc) is 3.11. The van der Waals surface area contributed by atoms with Gasteiger partial charge in [0, 0.05) is 41.6 Å². The van der Waals surface area contributed by atoms with Crippen LogP contribution in [0.1, 0.15) is 34.0 Å². The molecule has 2 heterocycles. The largest absolute Gasteiger partial charge is 0.618 e. The lowest BCUT2D eigenvalue weighted by Crippen LogP contribution is -2.34. The molecule has 2 aromatic carbocycles. The Labute approximate surface area is 155 Å². The Hall–Kier alpha value is -3.47. The van der Waals surface area contributed by atoms with Gasteiger partial charge in [0.05, 0.1) is 0 Å². The predicted octanol–water partition coefficient (Wildman–Crippen LogP) is 4.35. The Kier molecular flexibility index (Phi) is 4.42. The van der Waals surface area contributed by atoms with Crippen LogP contribution in [0.4, 0.5) is 4.39 Å². The van der Waals surface area contributed by atoms with Crippen molar-refractivity contribution in [3.63, 3.8) is 0 Å². The Morgan fingerprint density at radius 1 is 1.04 bits per heavy atom. The number of nitrogens with one attached hydrogen (secondary N) is 1. The van der Waals surface area contributed by atoms with Gasteiger partial charge in [0.1, 0.15) is 5.82 Å². The molecule has 0 unspecified atom stereocenters. The van der Waals surface area contributed by atoms with E-state index in [0.717, 1.165) is 22.0 Å². The van der Waals surface area contributed by atoms with Gasteiger partial charge in [0.2, 0.25) is 5.78 Å². The summed E-state index contributed by atoms with van der Waals surface area (Å²) >= 11 is 0. The van der Waals surface area contributed by atoms with Crippen LogP contribution in [0, 0.1) is 11.0 Å². The zero-order valence-electron chi connectivity index (χ0n) is 14.4. The van der Waals surface area contributed by atoms with Crippen LogP contribution in [0.15, 0.2) is 79.1 Å². The highest BCUT2D eigenvalue weighted by Crippen LogP contribution is 2.34. The fourth-order valence-corrected chi connectivity index (χ4v) is 3.42. The number of para-hydroxylation sites is 1. The van der Waals surface area contributed by atoms with Crippen LogP contribution >= 0.6 is 0 Å². The second-order valence-corrected chi connectivity index (χ2v) is 6.43. The lowest BCUT2D eigenvalue weighted by molar-refractivity contribution is -0.607. The van der Waals surface area contributed by atoms with Crippen LogP contribution in [0.5, 0.6) is 0 Å². The van der Waals surface area contributed by atoms with Crippen molar-refractivity contribution >= 4 is 16.7 Å². The maximum absolute atomic E-state index is 13.4. The van der Waals surface area contributed by atoms with Crippen LogP contribution in [0.25, 0.3) is 10.9 Å². The summed E-state index contributed by atoms with van der Waals surface area (Å²) in [5.41, 5.74) is 2.83. The van der Waals surface area contributed by atoms with Crippen molar-refractivity contribution in [2.45, 2.75) is 12.3 Å². The maximum Gasteiger partial charge on any atom is 0.259 e. The van der Waals surface area contributed by atoms with Gasteiger partial charge in [-0.25, -0.2) is 4.39 Å². The molecule has 134 valence electrons. The zero-order chi connectivity index (χ0) is 18.8. The van der Waals surface area contributed by atoms with Crippen molar-refractivity contribution in [1.82, 2.24) is 4.98 Å². The molecule has 0 radical (unpaired) electrons. The fraction of sp³-hybridized carbons (Fsp3) is 0.0909. The first-order chi connectivity index (χ1) is 13.1. The number of H-pyrrole nitrogens is 1. The number of ketones is 1. The third kappa shape index (κ3) is 3.31. The molecule has 1 atom stereocenters. The summed E-state index contributed by atoms with van der Waals surface area (Å²) in [4.78, 5) is 16.1. The standard InChI is InChI=1S/C22H17FN2O2/c23-16-10-8-15(9-11-16)18(13-22(26)21-7-3-4-12-25(21)27)19-14-24-20-6-2-1-5-17(19)20/h1-12,14,18,24H,13H2/t18-/m0/s1. The molecule has 4 rings (SSSR count). The number of carbonyl (C=O) groups is 1. The van der Waals surface area contributed by atoms with Crippen LogP contribution in [0.3, 0.4) is 0 Å². The van der Waals surface area contributed by atoms with Gasteiger partial charge in [-0.05, 0) is 35.4 Å². The van der Waals surface area contributed by atoms with Gasteiger partial charge >= 0.3 is 0 Å². The van der Waals surface area contributed by atoms with E-state index < -0.39 is 0 Å². The van der Waals surface area contributed by atoms with E-state index in [0.29, 0.717) is 4.73 Å². The van der Waals surface area contributed by atoms with Crippen molar-refractivity contribution in [3.8, 4) is 0 Å². The number of hydrogen-bond donors (Lipinski definition) is 1. The van der Waals surface area contributed by atoms with E-state index in [-0.39, 0.29) is 29.6 Å². The van der Waals surface area contributed by atoms with Crippen molar-refractivity contribution in [2.24, 2.45) is 0 Å². The van der Waals surface area contributed by atoms with Gasteiger partial charge in [0.25, 0.3) is 5.69 Å². The number of carbonyl (C=O) groups excluding carboxylic acids is 1. The molecule has 27 heavy (non-hydrogen) atoms. The molecule has 0 spiro atoms. The lowest BCUT2D eigenvalue weighted by atomic mass is 9.86. The number of aromatic amines is 1. The molecule has 0 fully saturated rings.